The summed E-state index contributed by atoms with van der Waals surface area (Å²) in [6.45, 7) is 7.18. The zero-order chi connectivity index (χ0) is 15.1. The van der Waals surface area contributed by atoms with E-state index in [1.165, 1.54) is 16.9 Å². The molecule has 2 aromatic rings. The van der Waals surface area contributed by atoms with Gasteiger partial charge in [0.05, 0.1) is 6.61 Å². The highest BCUT2D eigenvalue weighted by Crippen LogP contribution is 2.30. The Kier molecular flexibility index (Phi) is 6.27. The standard InChI is InChI=1S/C18H25NOS/c1-4-9-16(18-12-8-13-21-18)19-14(3)15-10-6-7-11-17(15)20-5-2/h6-8,10-14,16,19H,4-5,9H2,1-3H3. The van der Waals surface area contributed by atoms with Crippen molar-refractivity contribution in [1.29, 1.82) is 0 Å². The van der Waals surface area contributed by atoms with Crippen molar-refractivity contribution in [2.45, 2.75) is 45.7 Å². The predicted molar refractivity (Wildman–Crippen MR) is 91.1 cm³/mol. The highest BCUT2D eigenvalue weighted by Gasteiger charge is 2.17. The van der Waals surface area contributed by atoms with Gasteiger partial charge in [-0.15, -0.1) is 11.3 Å². The van der Waals surface area contributed by atoms with E-state index in [4.69, 9.17) is 4.74 Å². The highest BCUT2D eigenvalue weighted by molar-refractivity contribution is 7.10. The van der Waals surface area contributed by atoms with E-state index in [2.05, 4.69) is 54.9 Å². The second-order valence-corrected chi connectivity index (χ2v) is 6.20. The second-order valence-electron chi connectivity index (χ2n) is 5.22. The van der Waals surface area contributed by atoms with Crippen molar-refractivity contribution in [1.82, 2.24) is 5.32 Å². The molecule has 0 fully saturated rings. The Morgan fingerprint density at radius 1 is 1.14 bits per heavy atom. The lowest BCUT2D eigenvalue weighted by molar-refractivity contribution is 0.329. The molecule has 2 atom stereocenters. The molecule has 0 saturated heterocycles. The predicted octanol–water partition coefficient (Wildman–Crippen LogP) is 5.34. The lowest BCUT2D eigenvalue weighted by Gasteiger charge is -2.24. The van der Waals surface area contributed by atoms with Crippen molar-refractivity contribution >= 4 is 11.3 Å². The van der Waals surface area contributed by atoms with Crippen molar-refractivity contribution in [3.8, 4) is 5.75 Å². The van der Waals surface area contributed by atoms with Crippen LogP contribution in [0.4, 0.5) is 0 Å². The smallest absolute Gasteiger partial charge is 0.124 e. The molecule has 0 amide bonds. The van der Waals surface area contributed by atoms with Gasteiger partial charge in [-0.3, -0.25) is 0 Å². The molecular formula is C18H25NOS. The van der Waals surface area contributed by atoms with Crippen LogP contribution in [0.5, 0.6) is 5.75 Å². The minimum atomic E-state index is 0.270. The van der Waals surface area contributed by atoms with E-state index in [-0.39, 0.29) is 6.04 Å². The molecule has 0 radical (unpaired) electrons. The SMILES string of the molecule is CCCC(NC(C)c1ccccc1OCC)c1cccs1. The zero-order valence-corrected chi connectivity index (χ0v) is 14.0. The van der Waals surface area contributed by atoms with Crippen molar-refractivity contribution < 1.29 is 4.74 Å². The van der Waals surface area contributed by atoms with Gasteiger partial charge >= 0.3 is 0 Å². The number of nitrogens with one attached hydrogen (secondary N) is 1. The van der Waals surface area contributed by atoms with Crippen LogP contribution >= 0.6 is 11.3 Å². The largest absolute Gasteiger partial charge is 0.494 e. The fourth-order valence-corrected chi connectivity index (χ4v) is 3.42. The van der Waals surface area contributed by atoms with E-state index in [0.29, 0.717) is 12.6 Å². The van der Waals surface area contributed by atoms with Crippen LogP contribution in [-0.4, -0.2) is 6.61 Å². The number of hydrogen-bond acceptors (Lipinski definition) is 3. The first-order valence-electron chi connectivity index (χ1n) is 7.77. The Labute approximate surface area is 132 Å². The number of hydrogen-bond donors (Lipinski definition) is 1. The molecule has 0 aliphatic carbocycles. The number of ether oxygens (including phenoxy) is 1. The monoisotopic (exact) mass is 303 g/mol. The number of rotatable bonds is 8. The number of para-hydroxylation sites is 1. The number of benzene rings is 1. The van der Waals surface area contributed by atoms with Crippen LogP contribution in [0.25, 0.3) is 0 Å². The molecule has 0 saturated carbocycles. The summed E-state index contributed by atoms with van der Waals surface area (Å²) in [5.74, 6) is 0.987. The first-order valence-corrected chi connectivity index (χ1v) is 8.65. The van der Waals surface area contributed by atoms with E-state index in [9.17, 15) is 0 Å². The molecule has 3 heteroatoms. The maximum Gasteiger partial charge on any atom is 0.124 e. The number of thiophene rings is 1. The molecule has 21 heavy (non-hydrogen) atoms. The summed E-state index contributed by atoms with van der Waals surface area (Å²) < 4.78 is 5.75. The van der Waals surface area contributed by atoms with Crippen molar-refractivity contribution in [3.63, 3.8) is 0 Å². The van der Waals surface area contributed by atoms with Crippen LogP contribution in [0.3, 0.4) is 0 Å². The highest BCUT2D eigenvalue weighted by atomic mass is 32.1. The summed E-state index contributed by atoms with van der Waals surface area (Å²) in [4.78, 5) is 1.41. The topological polar surface area (TPSA) is 21.3 Å². The molecule has 1 aromatic heterocycles. The third-order valence-electron chi connectivity index (χ3n) is 3.60. The minimum absolute atomic E-state index is 0.270. The van der Waals surface area contributed by atoms with Gasteiger partial charge in [-0.2, -0.15) is 0 Å². The van der Waals surface area contributed by atoms with Gasteiger partial charge in [-0.25, -0.2) is 0 Å². The normalized spacial score (nSPS) is 13.9. The van der Waals surface area contributed by atoms with Gasteiger partial charge in [0, 0.05) is 22.5 Å². The first kappa shape index (κ1) is 16.1. The van der Waals surface area contributed by atoms with E-state index in [1.807, 2.05) is 24.3 Å². The third-order valence-corrected chi connectivity index (χ3v) is 4.59. The lowest BCUT2D eigenvalue weighted by Crippen LogP contribution is -2.24. The van der Waals surface area contributed by atoms with Gasteiger partial charge in [0.2, 0.25) is 0 Å². The summed E-state index contributed by atoms with van der Waals surface area (Å²) in [6.07, 6.45) is 2.33. The zero-order valence-electron chi connectivity index (χ0n) is 13.1. The van der Waals surface area contributed by atoms with Crippen LogP contribution in [-0.2, 0) is 0 Å². The Morgan fingerprint density at radius 3 is 2.62 bits per heavy atom. The van der Waals surface area contributed by atoms with E-state index in [0.717, 1.165) is 12.2 Å². The van der Waals surface area contributed by atoms with Crippen LogP contribution in [0.2, 0.25) is 0 Å². The van der Waals surface area contributed by atoms with Crippen molar-refractivity contribution in [2.75, 3.05) is 6.61 Å². The maximum absolute atomic E-state index is 5.75. The molecule has 0 aliphatic heterocycles. The molecule has 1 N–H and O–H groups in total. The summed E-state index contributed by atoms with van der Waals surface area (Å²) in [5.41, 5.74) is 1.23. The average molecular weight is 303 g/mol. The van der Waals surface area contributed by atoms with Gasteiger partial charge < -0.3 is 10.1 Å². The Balaban J connectivity index is 2.13. The van der Waals surface area contributed by atoms with Gasteiger partial charge in [0.1, 0.15) is 5.75 Å². The molecule has 0 aliphatic rings. The molecule has 1 heterocycles. The first-order chi connectivity index (χ1) is 10.3. The van der Waals surface area contributed by atoms with Gasteiger partial charge in [-0.1, -0.05) is 37.6 Å². The van der Waals surface area contributed by atoms with Crippen molar-refractivity contribution in [3.05, 3.63) is 52.2 Å². The molecule has 0 spiro atoms. The van der Waals surface area contributed by atoms with Crippen LogP contribution in [0, 0.1) is 0 Å². The molecule has 2 rings (SSSR count). The van der Waals surface area contributed by atoms with E-state index < -0.39 is 0 Å². The summed E-state index contributed by atoms with van der Waals surface area (Å²) in [7, 11) is 0. The third kappa shape index (κ3) is 4.32. The quantitative estimate of drug-likeness (QED) is 0.711. The van der Waals surface area contributed by atoms with Crippen molar-refractivity contribution in [2.24, 2.45) is 0 Å². The second kappa shape index (κ2) is 8.20. The Morgan fingerprint density at radius 2 is 1.95 bits per heavy atom. The molecular weight excluding hydrogens is 278 g/mol. The fourth-order valence-electron chi connectivity index (χ4n) is 2.60. The van der Waals surface area contributed by atoms with Gasteiger partial charge in [0.15, 0.2) is 0 Å². The average Bonchev–Trinajstić information content (AvgIpc) is 3.02. The molecule has 0 bridgehead atoms. The summed E-state index contributed by atoms with van der Waals surface area (Å²) in [6, 6.07) is 13.4. The summed E-state index contributed by atoms with van der Waals surface area (Å²) in [5, 5.41) is 5.92. The lowest BCUT2D eigenvalue weighted by atomic mass is 10.0. The minimum Gasteiger partial charge on any atom is -0.494 e. The molecule has 1 aromatic carbocycles. The van der Waals surface area contributed by atoms with Crippen LogP contribution < -0.4 is 10.1 Å². The van der Waals surface area contributed by atoms with Gasteiger partial charge in [-0.05, 0) is 37.8 Å². The molecule has 2 nitrogen and oxygen atoms in total. The Bertz CT molecular complexity index is 524. The van der Waals surface area contributed by atoms with Crippen LogP contribution in [0.1, 0.15) is 56.1 Å². The van der Waals surface area contributed by atoms with E-state index >= 15 is 0 Å². The maximum atomic E-state index is 5.75. The van der Waals surface area contributed by atoms with Crippen LogP contribution in [0.15, 0.2) is 41.8 Å². The summed E-state index contributed by atoms with van der Waals surface area (Å²) >= 11 is 1.83. The fraction of sp³-hybridized carbons (Fsp3) is 0.444. The molecule has 2 unspecified atom stereocenters. The van der Waals surface area contributed by atoms with Gasteiger partial charge in [0.25, 0.3) is 0 Å². The molecule has 114 valence electrons. The van der Waals surface area contributed by atoms with E-state index in [1.54, 1.807) is 0 Å². The Hall–Kier alpha value is -1.32.